The smallest absolute Gasteiger partial charge is 0.449 e. The van der Waals surface area contributed by atoms with E-state index in [1.165, 1.54) is 12.1 Å². The van der Waals surface area contributed by atoms with Crippen LogP contribution in [0.3, 0.4) is 0 Å². The van der Waals surface area contributed by atoms with E-state index in [2.05, 4.69) is 10.3 Å². The van der Waals surface area contributed by atoms with Crippen LogP contribution in [0.5, 0.6) is 11.5 Å². The molecule has 1 N–H and O–H groups in total. The van der Waals surface area contributed by atoms with E-state index in [-0.39, 0.29) is 17.1 Å². The molecule has 2 aromatic rings. The van der Waals surface area contributed by atoms with Crippen LogP contribution in [0.4, 0.5) is 13.2 Å². The van der Waals surface area contributed by atoms with Crippen LogP contribution in [0.15, 0.2) is 12.1 Å². The summed E-state index contributed by atoms with van der Waals surface area (Å²) in [4.78, 5) is 16.0. The Morgan fingerprint density at radius 3 is 2.50 bits per heavy atom. The number of aromatic nitrogens is 2. The molecular weight excluding hydrogens is 351 g/mol. The molecule has 1 fully saturated rings. The van der Waals surface area contributed by atoms with Gasteiger partial charge in [0.2, 0.25) is 11.7 Å². The predicted octanol–water partition coefficient (Wildman–Crippen LogP) is 2.89. The van der Waals surface area contributed by atoms with E-state index in [1.54, 1.807) is 0 Å². The lowest BCUT2D eigenvalue weighted by atomic mass is 10.2. The maximum atomic E-state index is 13.4. The summed E-state index contributed by atoms with van der Waals surface area (Å²) in [6.45, 7) is 0.206. The van der Waals surface area contributed by atoms with Gasteiger partial charge >= 0.3 is 6.18 Å². The molecular formula is C17H18F3N3O3. The zero-order valence-corrected chi connectivity index (χ0v) is 13.9. The van der Waals surface area contributed by atoms with Crippen LogP contribution < -0.4 is 14.8 Å². The van der Waals surface area contributed by atoms with E-state index in [4.69, 9.17) is 9.47 Å². The first-order valence-electron chi connectivity index (χ1n) is 8.58. The Balaban J connectivity index is 1.71. The van der Waals surface area contributed by atoms with Gasteiger partial charge in [-0.05, 0) is 12.8 Å². The molecule has 1 aliphatic carbocycles. The summed E-state index contributed by atoms with van der Waals surface area (Å²) in [7, 11) is 0. The minimum Gasteiger partial charge on any atom is -0.486 e. The van der Waals surface area contributed by atoms with Gasteiger partial charge in [0.25, 0.3) is 0 Å². The molecule has 0 atom stereocenters. The van der Waals surface area contributed by atoms with E-state index in [0.29, 0.717) is 24.7 Å². The van der Waals surface area contributed by atoms with Crippen molar-refractivity contribution in [2.75, 3.05) is 13.2 Å². The summed E-state index contributed by atoms with van der Waals surface area (Å²) in [5.74, 6) is -0.833. The summed E-state index contributed by atoms with van der Waals surface area (Å²) in [5.41, 5.74) is 0.318. The van der Waals surface area contributed by atoms with Crippen molar-refractivity contribution in [1.29, 1.82) is 0 Å². The lowest BCUT2D eigenvalue weighted by molar-refractivity contribution is -0.147. The van der Waals surface area contributed by atoms with Gasteiger partial charge in [0, 0.05) is 18.2 Å². The molecule has 1 aromatic carbocycles. The topological polar surface area (TPSA) is 65.4 Å². The van der Waals surface area contributed by atoms with Gasteiger partial charge in [0.15, 0.2) is 11.5 Å². The largest absolute Gasteiger partial charge is 0.486 e. The highest BCUT2D eigenvalue weighted by atomic mass is 19.4. The van der Waals surface area contributed by atoms with Crippen LogP contribution in [-0.2, 0) is 17.5 Å². The minimum atomic E-state index is -4.67. The number of ether oxygens (including phenoxy) is 2. The molecule has 9 heteroatoms. The molecule has 26 heavy (non-hydrogen) atoms. The van der Waals surface area contributed by atoms with Gasteiger partial charge in [-0.3, -0.25) is 4.79 Å². The number of carbonyl (C=O) groups is 1. The van der Waals surface area contributed by atoms with Gasteiger partial charge in [-0.25, -0.2) is 4.98 Å². The Labute approximate surface area is 147 Å². The Bertz CT molecular complexity index is 841. The summed E-state index contributed by atoms with van der Waals surface area (Å²) < 4.78 is 52.1. The number of nitrogens with zero attached hydrogens (tertiary/aromatic N) is 2. The highest BCUT2D eigenvalue weighted by Crippen LogP contribution is 2.38. The fourth-order valence-electron chi connectivity index (χ4n) is 3.53. The molecule has 1 aliphatic heterocycles. The number of amides is 1. The van der Waals surface area contributed by atoms with Crippen LogP contribution in [0.1, 0.15) is 31.5 Å². The Kier molecular flexibility index (Phi) is 4.16. The van der Waals surface area contributed by atoms with Crippen molar-refractivity contribution in [3.8, 4) is 11.5 Å². The summed E-state index contributed by atoms with van der Waals surface area (Å²) in [6.07, 6.45) is -0.899. The molecule has 0 spiro atoms. The monoisotopic (exact) mass is 369 g/mol. The van der Waals surface area contributed by atoms with Gasteiger partial charge < -0.3 is 19.4 Å². The summed E-state index contributed by atoms with van der Waals surface area (Å²) in [6, 6.07) is 2.91. The average molecular weight is 369 g/mol. The van der Waals surface area contributed by atoms with Gasteiger partial charge in [-0.15, -0.1) is 0 Å². The van der Waals surface area contributed by atoms with Crippen LogP contribution in [0.2, 0.25) is 0 Å². The fraction of sp³-hybridized carbons (Fsp3) is 0.529. The van der Waals surface area contributed by atoms with Crippen molar-refractivity contribution in [3.05, 3.63) is 18.0 Å². The first-order valence-corrected chi connectivity index (χ1v) is 8.58. The van der Waals surface area contributed by atoms with E-state index in [9.17, 15) is 18.0 Å². The minimum absolute atomic E-state index is 0.0381. The van der Waals surface area contributed by atoms with Gasteiger partial charge in [-0.1, -0.05) is 12.8 Å². The Morgan fingerprint density at radius 1 is 1.19 bits per heavy atom. The van der Waals surface area contributed by atoms with Gasteiger partial charge in [0.05, 0.1) is 11.0 Å². The maximum absolute atomic E-state index is 13.4. The second-order valence-electron chi connectivity index (χ2n) is 6.55. The third-order valence-corrected chi connectivity index (χ3v) is 4.69. The predicted molar refractivity (Wildman–Crippen MR) is 86.1 cm³/mol. The number of hydrogen-bond donors (Lipinski definition) is 1. The number of alkyl halides is 3. The molecule has 2 aliphatic rings. The van der Waals surface area contributed by atoms with Crippen molar-refractivity contribution >= 4 is 16.9 Å². The Morgan fingerprint density at radius 2 is 1.85 bits per heavy atom. The van der Waals surface area contributed by atoms with Crippen molar-refractivity contribution in [2.24, 2.45) is 0 Å². The number of hydrogen-bond acceptors (Lipinski definition) is 4. The van der Waals surface area contributed by atoms with Crippen molar-refractivity contribution < 1.29 is 27.4 Å². The van der Waals surface area contributed by atoms with E-state index < -0.39 is 24.5 Å². The van der Waals surface area contributed by atoms with Crippen LogP contribution in [0, 0.1) is 0 Å². The molecule has 0 bridgehead atoms. The standard InChI is InChI=1S/C17H18F3N3O3/c18-17(19,20)16-22-11-7-13-14(26-6-5-25-13)8-12(11)23(16)9-15(24)21-10-3-1-2-4-10/h7-8,10H,1-6,9H2,(H,21,24). The number of benzene rings is 1. The fourth-order valence-corrected chi connectivity index (χ4v) is 3.53. The van der Waals surface area contributed by atoms with E-state index in [1.807, 2.05) is 0 Å². The van der Waals surface area contributed by atoms with E-state index >= 15 is 0 Å². The Hall–Kier alpha value is -2.45. The highest BCUT2D eigenvalue weighted by molar-refractivity contribution is 5.84. The third kappa shape index (κ3) is 3.17. The van der Waals surface area contributed by atoms with Crippen LogP contribution in [0.25, 0.3) is 11.0 Å². The van der Waals surface area contributed by atoms with Crippen molar-refractivity contribution in [3.63, 3.8) is 0 Å². The molecule has 1 aromatic heterocycles. The molecule has 2 heterocycles. The second-order valence-corrected chi connectivity index (χ2v) is 6.55. The third-order valence-electron chi connectivity index (χ3n) is 4.69. The average Bonchev–Trinajstić information content (AvgIpc) is 3.21. The SMILES string of the molecule is O=C(Cn1c(C(F)(F)F)nc2cc3c(cc21)OCCO3)NC1CCCC1. The zero-order chi connectivity index (χ0) is 18.3. The van der Waals surface area contributed by atoms with Crippen LogP contribution in [-0.4, -0.2) is 34.7 Å². The number of fused-ring (bicyclic) bond motifs is 2. The molecule has 4 rings (SSSR count). The van der Waals surface area contributed by atoms with Gasteiger partial charge in [0.1, 0.15) is 19.8 Å². The molecule has 6 nitrogen and oxygen atoms in total. The van der Waals surface area contributed by atoms with E-state index in [0.717, 1.165) is 30.3 Å². The summed E-state index contributed by atoms with van der Waals surface area (Å²) >= 11 is 0. The number of imidazole rings is 1. The zero-order valence-electron chi connectivity index (χ0n) is 13.9. The van der Waals surface area contributed by atoms with Gasteiger partial charge in [-0.2, -0.15) is 13.2 Å². The first kappa shape index (κ1) is 17.0. The highest BCUT2D eigenvalue weighted by Gasteiger charge is 2.38. The maximum Gasteiger partial charge on any atom is 0.449 e. The molecule has 0 saturated heterocycles. The molecule has 0 radical (unpaired) electrons. The van der Waals surface area contributed by atoms with Crippen LogP contribution >= 0.6 is 0 Å². The lowest BCUT2D eigenvalue weighted by Gasteiger charge is -2.18. The van der Waals surface area contributed by atoms with Crippen molar-refractivity contribution in [1.82, 2.24) is 14.9 Å². The first-order chi connectivity index (χ1) is 12.4. The number of nitrogens with one attached hydrogen (secondary N) is 1. The number of rotatable bonds is 3. The quantitative estimate of drug-likeness (QED) is 0.904. The van der Waals surface area contributed by atoms with Crippen molar-refractivity contribution in [2.45, 2.75) is 44.4 Å². The molecule has 1 amide bonds. The molecule has 1 saturated carbocycles. The molecule has 0 unspecified atom stereocenters. The molecule has 140 valence electrons. The summed E-state index contributed by atoms with van der Waals surface area (Å²) in [5, 5.41) is 2.81. The lowest BCUT2D eigenvalue weighted by Crippen LogP contribution is -2.36. The number of carbonyl (C=O) groups excluding carboxylic acids is 1. The number of halogens is 3. The normalized spacial score (nSPS) is 17.7. The second kappa shape index (κ2) is 6.37.